The summed E-state index contributed by atoms with van der Waals surface area (Å²) in [7, 11) is 1.41. The number of carbonyl (C=O) groups is 1. The van der Waals surface area contributed by atoms with Gasteiger partial charge in [-0.1, -0.05) is 18.3 Å². The van der Waals surface area contributed by atoms with E-state index in [1.807, 2.05) is 18.2 Å². The van der Waals surface area contributed by atoms with Crippen molar-refractivity contribution in [3.8, 4) is 0 Å². The van der Waals surface area contributed by atoms with E-state index in [2.05, 4.69) is 5.32 Å². The molecule has 1 aliphatic heterocycles. The second kappa shape index (κ2) is 4.05. The summed E-state index contributed by atoms with van der Waals surface area (Å²) in [5.41, 5.74) is 3.29. The third kappa shape index (κ3) is 1.63. The molecule has 1 N–H and O–H groups in total. The van der Waals surface area contributed by atoms with E-state index < -0.39 is 0 Å². The molecule has 0 amide bonds. The van der Waals surface area contributed by atoms with Crippen molar-refractivity contribution in [1.29, 1.82) is 0 Å². The summed E-state index contributed by atoms with van der Waals surface area (Å²) >= 11 is 5.44. The van der Waals surface area contributed by atoms with Gasteiger partial charge in [-0.3, -0.25) is 0 Å². The van der Waals surface area contributed by atoms with Gasteiger partial charge in [0.25, 0.3) is 0 Å². The molecule has 0 bridgehead atoms. The van der Waals surface area contributed by atoms with Crippen molar-refractivity contribution in [3.63, 3.8) is 0 Å². The molecule has 1 aliphatic carbocycles. The van der Waals surface area contributed by atoms with Crippen LogP contribution in [0.4, 0.5) is 0 Å². The number of esters is 1. The van der Waals surface area contributed by atoms with Crippen LogP contribution >= 0.6 is 12.2 Å². The van der Waals surface area contributed by atoms with E-state index in [1.54, 1.807) is 0 Å². The van der Waals surface area contributed by atoms with Crippen LogP contribution < -0.4 is 5.32 Å². The number of fused-ring (bicyclic) bond motifs is 1. The van der Waals surface area contributed by atoms with Gasteiger partial charge in [-0.15, -0.1) is 0 Å². The lowest BCUT2D eigenvalue weighted by atomic mass is 9.84. The van der Waals surface area contributed by atoms with Crippen molar-refractivity contribution in [2.24, 2.45) is 5.41 Å². The fraction of sp³-hybridized carbons (Fsp3) is 0.429. The van der Waals surface area contributed by atoms with Crippen LogP contribution in [-0.4, -0.2) is 24.6 Å². The SMILES string of the molecule is COC(=O)c1ccc2c(c1)CC1(CCNC1=S)C2. The quantitative estimate of drug-likeness (QED) is 0.619. The summed E-state index contributed by atoms with van der Waals surface area (Å²) < 4.78 is 4.76. The van der Waals surface area contributed by atoms with Crippen molar-refractivity contribution in [3.05, 3.63) is 34.9 Å². The number of benzene rings is 1. The number of rotatable bonds is 1. The summed E-state index contributed by atoms with van der Waals surface area (Å²) in [5.74, 6) is -0.272. The number of methoxy groups -OCH3 is 1. The second-order valence-corrected chi connectivity index (χ2v) is 5.52. The Labute approximate surface area is 112 Å². The maximum Gasteiger partial charge on any atom is 0.337 e. The Morgan fingerprint density at radius 3 is 2.83 bits per heavy atom. The molecular weight excluding hydrogens is 246 g/mol. The third-order valence-electron chi connectivity index (χ3n) is 4.06. The molecule has 2 aliphatic rings. The summed E-state index contributed by atoms with van der Waals surface area (Å²) in [6, 6.07) is 5.84. The molecular formula is C14H15NO2S. The standard InChI is InChI=1S/C14H15NO2S/c1-17-12(16)9-2-3-10-7-14(8-11(10)6-9)4-5-15-13(14)18/h2-3,6H,4-5,7-8H2,1H3,(H,15,18). The van der Waals surface area contributed by atoms with Crippen LogP contribution in [0.5, 0.6) is 0 Å². The van der Waals surface area contributed by atoms with E-state index in [-0.39, 0.29) is 11.4 Å². The van der Waals surface area contributed by atoms with Crippen LogP contribution in [0.2, 0.25) is 0 Å². The van der Waals surface area contributed by atoms with Gasteiger partial charge in [0, 0.05) is 12.0 Å². The van der Waals surface area contributed by atoms with Gasteiger partial charge in [0.2, 0.25) is 0 Å². The molecule has 1 aromatic carbocycles. The van der Waals surface area contributed by atoms with Crippen LogP contribution in [-0.2, 0) is 17.6 Å². The van der Waals surface area contributed by atoms with Crippen molar-refractivity contribution < 1.29 is 9.53 Å². The van der Waals surface area contributed by atoms with Gasteiger partial charge in [-0.2, -0.15) is 0 Å². The van der Waals surface area contributed by atoms with E-state index in [9.17, 15) is 4.79 Å². The lowest BCUT2D eigenvalue weighted by Crippen LogP contribution is -2.30. The summed E-state index contributed by atoms with van der Waals surface area (Å²) in [6.45, 7) is 0.969. The maximum absolute atomic E-state index is 11.5. The maximum atomic E-state index is 11.5. The van der Waals surface area contributed by atoms with Crippen molar-refractivity contribution in [2.75, 3.05) is 13.7 Å². The molecule has 18 heavy (non-hydrogen) atoms. The molecule has 94 valence electrons. The van der Waals surface area contributed by atoms with Gasteiger partial charge < -0.3 is 10.1 Å². The van der Waals surface area contributed by atoms with Gasteiger partial charge in [0.15, 0.2) is 0 Å². The van der Waals surface area contributed by atoms with E-state index in [1.165, 1.54) is 18.2 Å². The lowest BCUT2D eigenvalue weighted by molar-refractivity contribution is 0.0600. The number of ether oxygens (including phenoxy) is 1. The minimum Gasteiger partial charge on any atom is -0.465 e. The van der Waals surface area contributed by atoms with Crippen molar-refractivity contribution in [1.82, 2.24) is 5.32 Å². The molecule has 1 fully saturated rings. The first-order valence-electron chi connectivity index (χ1n) is 6.13. The van der Waals surface area contributed by atoms with Crippen LogP contribution in [0.25, 0.3) is 0 Å². The van der Waals surface area contributed by atoms with Gasteiger partial charge in [-0.05, 0) is 42.5 Å². The number of hydrogen-bond donors (Lipinski definition) is 1. The first-order chi connectivity index (χ1) is 8.64. The van der Waals surface area contributed by atoms with Crippen molar-refractivity contribution >= 4 is 23.2 Å². The zero-order valence-corrected chi connectivity index (χ0v) is 11.1. The summed E-state index contributed by atoms with van der Waals surface area (Å²) in [4.78, 5) is 12.5. The molecule has 1 unspecified atom stereocenters. The van der Waals surface area contributed by atoms with Gasteiger partial charge in [0.1, 0.15) is 0 Å². The molecule has 1 atom stereocenters. The zero-order valence-electron chi connectivity index (χ0n) is 10.3. The molecule has 1 spiro atoms. The topological polar surface area (TPSA) is 38.3 Å². The van der Waals surface area contributed by atoms with Crippen LogP contribution in [0, 0.1) is 5.41 Å². The Balaban J connectivity index is 1.94. The van der Waals surface area contributed by atoms with Gasteiger partial charge in [0.05, 0.1) is 17.7 Å². The van der Waals surface area contributed by atoms with Gasteiger partial charge >= 0.3 is 5.97 Å². The molecule has 1 aromatic rings. The molecule has 0 aromatic heterocycles. The highest BCUT2D eigenvalue weighted by Gasteiger charge is 2.43. The average Bonchev–Trinajstić information content (AvgIpc) is 2.92. The number of carbonyl (C=O) groups excluding carboxylic acids is 1. The number of thiocarbonyl (C=S) groups is 1. The smallest absolute Gasteiger partial charge is 0.337 e. The van der Waals surface area contributed by atoms with E-state index in [0.29, 0.717) is 5.56 Å². The first kappa shape index (κ1) is 11.7. The normalized spacial score (nSPS) is 25.1. The Kier molecular flexibility index (Phi) is 2.63. The van der Waals surface area contributed by atoms with E-state index in [0.717, 1.165) is 30.8 Å². The predicted octanol–water partition coefficient (Wildman–Crippen LogP) is 1.88. The molecule has 1 saturated heterocycles. The lowest BCUT2D eigenvalue weighted by Gasteiger charge is -2.20. The Bertz CT molecular complexity index is 541. The van der Waals surface area contributed by atoms with Crippen LogP contribution in [0.1, 0.15) is 27.9 Å². The third-order valence-corrected chi connectivity index (χ3v) is 4.63. The molecule has 0 radical (unpaired) electrons. The summed E-state index contributed by atoms with van der Waals surface area (Å²) in [6.07, 6.45) is 3.03. The van der Waals surface area contributed by atoms with Crippen molar-refractivity contribution in [2.45, 2.75) is 19.3 Å². The molecule has 3 rings (SSSR count). The molecule has 0 saturated carbocycles. The second-order valence-electron chi connectivity index (χ2n) is 5.11. The minimum absolute atomic E-state index is 0.104. The zero-order chi connectivity index (χ0) is 12.8. The Hall–Kier alpha value is -1.42. The summed E-state index contributed by atoms with van der Waals surface area (Å²) in [5, 5.41) is 3.28. The fourth-order valence-electron chi connectivity index (χ4n) is 3.05. The van der Waals surface area contributed by atoms with Crippen LogP contribution in [0.15, 0.2) is 18.2 Å². The van der Waals surface area contributed by atoms with E-state index >= 15 is 0 Å². The Morgan fingerprint density at radius 1 is 1.39 bits per heavy atom. The van der Waals surface area contributed by atoms with E-state index in [4.69, 9.17) is 17.0 Å². The predicted molar refractivity (Wildman–Crippen MR) is 72.8 cm³/mol. The first-order valence-corrected chi connectivity index (χ1v) is 6.54. The number of nitrogens with one attached hydrogen (secondary N) is 1. The molecule has 4 heteroatoms. The molecule has 1 heterocycles. The highest BCUT2D eigenvalue weighted by atomic mass is 32.1. The highest BCUT2D eigenvalue weighted by Crippen LogP contribution is 2.42. The highest BCUT2D eigenvalue weighted by molar-refractivity contribution is 7.80. The number of hydrogen-bond acceptors (Lipinski definition) is 3. The average molecular weight is 261 g/mol. The minimum atomic E-state index is -0.272. The monoisotopic (exact) mass is 261 g/mol. The Morgan fingerprint density at radius 2 is 2.17 bits per heavy atom. The molecule has 3 nitrogen and oxygen atoms in total. The van der Waals surface area contributed by atoms with Crippen LogP contribution in [0.3, 0.4) is 0 Å². The fourth-order valence-corrected chi connectivity index (χ4v) is 3.40. The largest absolute Gasteiger partial charge is 0.465 e. The van der Waals surface area contributed by atoms with Gasteiger partial charge in [-0.25, -0.2) is 4.79 Å².